The Kier molecular flexibility index (Phi) is 5.96. The van der Waals surface area contributed by atoms with E-state index in [-0.39, 0.29) is 17.6 Å². The average molecular weight is 398 g/mol. The minimum atomic E-state index is -1.12. The molecule has 3 rings (SSSR count). The number of hydrogen-bond acceptors (Lipinski definition) is 4. The second-order valence-corrected chi connectivity index (χ2v) is 7.02. The summed E-state index contributed by atoms with van der Waals surface area (Å²) < 4.78 is 18.8. The van der Waals surface area contributed by atoms with Gasteiger partial charge in [-0.3, -0.25) is 19.5 Å². The smallest absolute Gasteiger partial charge is 0.323 e. The van der Waals surface area contributed by atoms with Crippen LogP contribution in [0.5, 0.6) is 5.75 Å². The lowest BCUT2D eigenvalue weighted by molar-refractivity contribution is -0.136. The topological polar surface area (TPSA) is 79.2 Å². The Bertz CT molecular complexity index is 956. The van der Waals surface area contributed by atoms with Gasteiger partial charge < -0.3 is 9.84 Å². The predicted molar refractivity (Wildman–Crippen MR) is 108 cm³/mol. The number of benzene rings is 2. The third-order valence-corrected chi connectivity index (χ3v) is 5.13. The van der Waals surface area contributed by atoms with Gasteiger partial charge in [0.05, 0.1) is 18.5 Å². The number of halogens is 1. The van der Waals surface area contributed by atoms with Crippen molar-refractivity contribution in [3.8, 4) is 5.75 Å². The lowest BCUT2D eigenvalue weighted by Gasteiger charge is -2.25. The van der Waals surface area contributed by atoms with Crippen molar-refractivity contribution in [3.05, 3.63) is 59.4 Å². The zero-order valence-electron chi connectivity index (χ0n) is 16.6. The van der Waals surface area contributed by atoms with E-state index in [1.165, 1.54) is 24.1 Å². The summed E-state index contributed by atoms with van der Waals surface area (Å²) in [6, 6.07) is 10.2. The van der Waals surface area contributed by atoms with Crippen LogP contribution in [0.4, 0.5) is 10.1 Å². The summed E-state index contributed by atoms with van der Waals surface area (Å²) >= 11 is 0. The molecular formula is C22H23FN2O4. The third-order valence-electron chi connectivity index (χ3n) is 5.13. The normalized spacial score (nSPS) is 17.2. The van der Waals surface area contributed by atoms with Gasteiger partial charge in [-0.25, -0.2) is 4.39 Å². The Labute approximate surface area is 168 Å². The molecule has 6 nitrogen and oxygen atoms in total. The van der Waals surface area contributed by atoms with Crippen LogP contribution >= 0.6 is 0 Å². The summed E-state index contributed by atoms with van der Waals surface area (Å²) in [7, 11) is 1.52. The van der Waals surface area contributed by atoms with Crippen LogP contribution in [0.25, 0.3) is 0 Å². The first-order valence-corrected chi connectivity index (χ1v) is 9.41. The SMILES string of the molecule is CC[C@H](C)C1N=C(c2ccc(F)cc2)c2cc(OC)ccc2N(CC(=O)O)C1=O. The van der Waals surface area contributed by atoms with Crippen molar-refractivity contribution in [1.82, 2.24) is 0 Å². The molecule has 0 saturated heterocycles. The number of anilines is 1. The molecule has 0 radical (unpaired) electrons. The highest BCUT2D eigenvalue weighted by Crippen LogP contribution is 2.33. The standard InChI is InChI=1S/C22H23FN2O4/c1-4-13(2)20-22(28)25(12-19(26)27)18-10-9-16(29-3)11-17(18)21(24-20)14-5-7-15(23)8-6-14/h5-11,13,20H,4,12H2,1-3H3,(H,26,27)/t13-,20?/m0/s1. The molecule has 0 spiro atoms. The summed E-state index contributed by atoms with van der Waals surface area (Å²) in [5.74, 6) is -1.43. The van der Waals surface area contributed by atoms with Crippen molar-refractivity contribution >= 4 is 23.3 Å². The van der Waals surface area contributed by atoms with E-state index < -0.39 is 18.6 Å². The van der Waals surface area contributed by atoms with E-state index in [4.69, 9.17) is 9.73 Å². The maximum Gasteiger partial charge on any atom is 0.323 e. The van der Waals surface area contributed by atoms with Crippen LogP contribution < -0.4 is 9.64 Å². The molecule has 1 unspecified atom stereocenters. The van der Waals surface area contributed by atoms with Gasteiger partial charge in [0.25, 0.3) is 5.91 Å². The number of rotatable bonds is 6. The molecule has 2 atom stereocenters. The molecule has 1 N–H and O–H groups in total. The number of carboxylic acid groups (broad SMARTS) is 1. The van der Waals surface area contributed by atoms with Crippen molar-refractivity contribution in [2.75, 3.05) is 18.6 Å². The largest absolute Gasteiger partial charge is 0.497 e. The monoisotopic (exact) mass is 398 g/mol. The quantitative estimate of drug-likeness (QED) is 0.808. The van der Waals surface area contributed by atoms with Crippen LogP contribution in [0.2, 0.25) is 0 Å². The van der Waals surface area contributed by atoms with Crippen molar-refractivity contribution in [1.29, 1.82) is 0 Å². The fourth-order valence-electron chi connectivity index (χ4n) is 3.34. The van der Waals surface area contributed by atoms with Gasteiger partial charge in [0.15, 0.2) is 0 Å². The summed E-state index contributed by atoms with van der Waals surface area (Å²) in [4.78, 5) is 30.8. The Morgan fingerprint density at radius 3 is 2.55 bits per heavy atom. The molecule has 0 fully saturated rings. The zero-order chi connectivity index (χ0) is 21.1. The van der Waals surface area contributed by atoms with Gasteiger partial charge in [-0.1, -0.05) is 20.3 Å². The van der Waals surface area contributed by atoms with Crippen LogP contribution in [0.3, 0.4) is 0 Å². The number of aliphatic imine (C=N–C) groups is 1. The maximum absolute atomic E-state index is 13.5. The average Bonchev–Trinajstić information content (AvgIpc) is 2.83. The number of nitrogens with zero attached hydrogens (tertiary/aromatic N) is 2. The molecule has 0 aliphatic carbocycles. The minimum Gasteiger partial charge on any atom is -0.497 e. The van der Waals surface area contributed by atoms with Gasteiger partial charge >= 0.3 is 5.97 Å². The maximum atomic E-state index is 13.5. The number of carboxylic acids is 1. The molecule has 1 amide bonds. The fourth-order valence-corrected chi connectivity index (χ4v) is 3.34. The third kappa shape index (κ3) is 4.13. The molecular weight excluding hydrogens is 375 g/mol. The zero-order valence-corrected chi connectivity index (χ0v) is 16.6. The Morgan fingerprint density at radius 2 is 1.97 bits per heavy atom. The van der Waals surface area contributed by atoms with Crippen LogP contribution in [0.1, 0.15) is 31.4 Å². The van der Waals surface area contributed by atoms with Gasteiger partial charge in [0.2, 0.25) is 0 Å². The van der Waals surface area contributed by atoms with E-state index in [9.17, 15) is 19.1 Å². The summed E-state index contributed by atoms with van der Waals surface area (Å²) in [5.41, 5.74) is 2.15. The van der Waals surface area contributed by atoms with Gasteiger partial charge in [-0.2, -0.15) is 0 Å². The van der Waals surface area contributed by atoms with E-state index in [0.29, 0.717) is 34.7 Å². The van der Waals surface area contributed by atoms with Gasteiger partial charge in [-0.15, -0.1) is 0 Å². The predicted octanol–water partition coefficient (Wildman–Crippen LogP) is 3.52. The van der Waals surface area contributed by atoms with Gasteiger partial charge in [0, 0.05) is 11.1 Å². The lowest BCUT2D eigenvalue weighted by Crippen LogP contribution is -2.43. The molecule has 0 bridgehead atoms. The molecule has 0 aromatic heterocycles. The number of methoxy groups -OCH3 is 1. The number of hydrogen-bond donors (Lipinski definition) is 1. The highest BCUT2D eigenvalue weighted by Gasteiger charge is 2.35. The lowest BCUT2D eigenvalue weighted by atomic mass is 9.97. The molecule has 2 aromatic carbocycles. The van der Waals surface area contributed by atoms with E-state index in [1.54, 1.807) is 30.3 Å². The molecule has 2 aromatic rings. The van der Waals surface area contributed by atoms with Crippen molar-refractivity contribution in [3.63, 3.8) is 0 Å². The fraction of sp³-hybridized carbons (Fsp3) is 0.318. The molecule has 1 aliphatic heterocycles. The second-order valence-electron chi connectivity index (χ2n) is 7.02. The van der Waals surface area contributed by atoms with Crippen LogP contribution in [0.15, 0.2) is 47.5 Å². The van der Waals surface area contributed by atoms with Crippen LogP contribution in [-0.2, 0) is 9.59 Å². The molecule has 152 valence electrons. The highest BCUT2D eigenvalue weighted by molar-refractivity contribution is 6.20. The number of fused-ring (bicyclic) bond motifs is 1. The van der Waals surface area contributed by atoms with Crippen molar-refractivity contribution in [2.45, 2.75) is 26.3 Å². The molecule has 1 heterocycles. The van der Waals surface area contributed by atoms with E-state index >= 15 is 0 Å². The minimum absolute atomic E-state index is 0.106. The first-order chi connectivity index (χ1) is 13.8. The van der Waals surface area contributed by atoms with E-state index in [2.05, 4.69) is 0 Å². The first-order valence-electron chi connectivity index (χ1n) is 9.41. The Hall–Kier alpha value is -3.22. The molecule has 0 saturated carbocycles. The summed E-state index contributed by atoms with van der Waals surface area (Å²) in [6.07, 6.45) is 0.692. The van der Waals surface area contributed by atoms with E-state index in [0.717, 1.165) is 0 Å². The Morgan fingerprint density at radius 1 is 1.28 bits per heavy atom. The van der Waals surface area contributed by atoms with Crippen molar-refractivity contribution in [2.24, 2.45) is 10.9 Å². The summed E-state index contributed by atoms with van der Waals surface area (Å²) in [6.45, 7) is 3.38. The number of carbonyl (C=O) groups excluding carboxylic acids is 1. The number of amides is 1. The molecule has 1 aliphatic rings. The van der Waals surface area contributed by atoms with Crippen LogP contribution in [-0.4, -0.2) is 42.4 Å². The first kappa shape index (κ1) is 20.5. The Balaban J connectivity index is 2.28. The van der Waals surface area contributed by atoms with Gasteiger partial charge in [0.1, 0.15) is 24.2 Å². The number of ether oxygens (including phenoxy) is 1. The number of aliphatic carboxylic acids is 1. The molecule has 29 heavy (non-hydrogen) atoms. The molecule has 7 heteroatoms. The number of benzodiazepines with no additional fused rings is 1. The van der Waals surface area contributed by atoms with Crippen LogP contribution in [0, 0.1) is 11.7 Å². The summed E-state index contributed by atoms with van der Waals surface area (Å²) in [5, 5.41) is 9.40. The highest BCUT2D eigenvalue weighted by atomic mass is 19.1. The van der Waals surface area contributed by atoms with E-state index in [1.807, 2.05) is 13.8 Å². The van der Waals surface area contributed by atoms with Gasteiger partial charge in [-0.05, 0) is 48.4 Å². The van der Waals surface area contributed by atoms with Crippen molar-refractivity contribution < 1.29 is 23.8 Å². The second kappa shape index (κ2) is 8.43. The number of carbonyl (C=O) groups is 2.